The standard InChI is InChI=1S/C14H19N3O/c15-14(18)11-3-1-2-4-12(11)16-13-9-17-7-5-10(13)6-8-17/h1-4,10,13,16H,5-9H2,(H2,15,18). The van der Waals surface area contributed by atoms with E-state index in [1.165, 1.54) is 25.9 Å². The molecule has 0 radical (unpaired) electrons. The molecule has 3 N–H and O–H groups in total. The number of piperidine rings is 3. The molecule has 0 aromatic heterocycles. The van der Waals surface area contributed by atoms with Gasteiger partial charge in [0.1, 0.15) is 0 Å². The first-order valence-corrected chi connectivity index (χ1v) is 6.62. The second kappa shape index (κ2) is 4.61. The number of nitrogens with two attached hydrogens (primary N) is 1. The maximum absolute atomic E-state index is 11.4. The van der Waals surface area contributed by atoms with Gasteiger partial charge in [-0.25, -0.2) is 0 Å². The molecule has 0 saturated carbocycles. The summed E-state index contributed by atoms with van der Waals surface area (Å²) >= 11 is 0. The molecular formula is C14H19N3O. The van der Waals surface area contributed by atoms with E-state index < -0.39 is 0 Å². The highest BCUT2D eigenvalue weighted by molar-refractivity contribution is 5.98. The molecule has 4 heteroatoms. The first kappa shape index (κ1) is 11.5. The molecule has 0 aliphatic carbocycles. The molecule has 1 amide bonds. The van der Waals surface area contributed by atoms with Gasteiger partial charge in [-0.2, -0.15) is 0 Å². The van der Waals surface area contributed by atoms with E-state index in [1.807, 2.05) is 18.2 Å². The molecule has 3 aliphatic heterocycles. The Morgan fingerprint density at radius 1 is 1.28 bits per heavy atom. The zero-order valence-corrected chi connectivity index (χ0v) is 10.4. The van der Waals surface area contributed by atoms with Gasteiger partial charge >= 0.3 is 0 Å². The Labute approximate surface area is 107 Å². The maximum Gasteiger partial charge on any atom is 0.250 e. The van der Waals surface area contributed by atoms with Crippen molar-refractivity contribution in [2.45, 2.75) is 18.9 Å². The van der Waals surface area contributed by atoms with Crippen LogP contribution in [-0.2, 0) is 0 Å². The van der Waals surface area contributed by atoms with Crippen LogP contribution in [0.15, 0.2) is 24.3 Å². The lowest BCUT2D eigenvalue weighted by atomic mass is 9.84. The van der Waals surface area contributed by atoms with Gasteiger partial charge < -0.3 is 16.0 Å². The van der Waals surface area contributed by atoms with Crippen molar-refractivity contribution in [2.24, 2.45) is 11.7 Å². The van der Waals surface area contributed by atoms with Crippen LogP contribution in [0.1, 0.15) is 23.2 Å². The summed E-state index contributed by atoms with van der Waals surface area (Å²) in [6.07, 6.45) is 2.52. The van der Waals surface area contributed by atoms with E-state index in [1.54, 1.807) is 6.07 Å². The van der Waals surface area contributed by atoms with Gasteiger partial charge in [0.15, 0.2) is 0 Å². The Bertz CT molecular complexity index is 452. The SMILES string of the molecule is NC(=O)c1ccccc1NC1CN2CCC1CC2. The second-order valence-electron chi connectivity index (χ2n) is 5.30. The highest BCUT2D eigenvalue weighted by atomic mass is 16.1. The summed E-state index contributed by atoms with van der Waals surface area (Å²) in [7, 11) is 0. The average Bonchev–Trinajstić information content (AvgIpc) is 2.40. The van der Waals surface area contributed by atoms with Crippen LogP contribution in [0.2, 0.25) is 0 Å². The normalized spacial score (nSPS) is 30.1. The van der Waals surface area contributed by atoms with Crippen LogP contribution in [0.3, 0.4) is 0 Å². The number of nitrogens with zero attached hydrogens (tertiary/aromatic N) is 1. The van der Waals surface area contributed by atoms with Gasteiger partial charge in [0, 0.05) is 18.3 Å². The van der Waals surface area contributed by atoms with Crippen molar-refractivity contribution in [3.8, 4) is 0 Å². The number of anilines is 1. The summed E-state index contributed by atoms with van der Waals surface area (Å²) in [6, 6.07) is 7.97. The van der Waals surface area contributed by atoms with Crippen molar-refractivity contribution in [1.29, 1.82) is 0 Å². The Morgan fingerprint density at radius 2 is 2.00 bits per heavy atom. The Hall–Kier alpha value is -1.55. The minimum absolute atomic E-state index is 0.362. The Kier molecular flexibility index (Phi) is 2.96. The molecule has 1 aromatic carbocycles. The number of para-hydroxylation sites is 1. The number of fused-ring (bicyclic) bond motifs is 3. The molecule has 96 valence electrons. The fourth-order valence-electron chi connectivity index (χ4n) is 3.15. The van der Waals surface area contributed by atoms with Crippen LogP contribution in [-0.4, -0.2) is 36.5 Å². The molecule has 3 heterocycles. The molecule has 2 bridgehead atoms. The van der Waals surface area contributed by atoms with Crippen LogP contribution in [0.4, 0.5) is 5.69 Å². The van der Waals surface area contributed by atoms with Gasteiger partial charge in [-0.05, 0) is 44.0 Å². The van der Waals surface area contributed by atoms with Crippen molar-refractivity contribution in [1.82, 2.24) is 4.90 Å². The summed E-state index contributed by atoms with van der Waals surface area (Å²) in [5, 5.41) is 3.52. The molecule has 4 rings (SSSR count). The minimum atomic E-state index is -0.362. The largest absolute Gasteiger partial charge is 0.380 e. The quantitative estimate of drug-likeness (QED) is 0.843. The van der Waals surface area contributed by atoms with Gasteiger partial charge in [-0.15, -0.1) is 0 Å². The van der Waals surface area contributed by atoms with Gasteiger partial charge in [0.2, 0.25) is 0 Å². The molecule has 3 fully saturated rings. The molecule has 1 aromatic rings. The highest BCUT2D eigenvalue weighted by Crippen LogP contribution is 2.30. The molecule has 1 unspecified atom stereocenters. The van der Waals surface area contributed by atoms with E-state index in [-0.39, 0.29) is 5.91 Å². The number of primary amides is 1. The predicted octanol–water partition coefficient (Wildman–Crippen LogP) is 1.29. The smallest absolute Gasteiger partial charge is 0.250 e. The van der Waals surface area contributed by atoms with E-state index in [4.69, 9.17) is 5.73 Å². The van der Waals surface area contributed by atoms with Crippen molar-refractivity contribution in [2.75, 3.05) is 25.0 Å². The van der Waals surface area contributed by atoms with Gasteiger partial charge in [-0.1, -0.05) is 12.1 Å². The average molecular weight is 245 g/mol. The molecule has 18 heavy (non-hydrogen) atoms. The van der Waals surface area contributed by atoms with E-state index >= 15 is 0 Å². The number of nitrogens with one attached hydrogen (secondary N) is 1. The van der Waals surface area contributed by atoms with Crippen LogP contribution in [0.25, 0.3) is 0 Å². The van der Waals surface area contributed by atoms with E-state index in [9.17, 15) is 4.79 Å². The lowest BCUT2D eigenvalue weighted by molar-refractivity contribution is 0.0969. The van der Waals surface area contributed by atoms with Crippen LogP contribution >= 0.6 is 0 Å². The van der Waals surface area contributed by atoms with Crippen LogP contribution in [0, 0.1) is 5.92 Å². The third kappa shape index (κ3) is 2.08. The van der Waals surface area contributed by atoms with E-state index in [0.717, 1.165) is 18.2 Å². The van der Waals surface area contributed by atoms with Crippen molar-refractivity contribution >= 4 is 11.6 Å². The number of amides is 1. The summed E-state index contributed by atoms with van der Waals surface area (Å²) in [5.41, 5.74) is 6.88. The van der Waals surface area contributed by atoms with Crippen molar-refractivity contribution in [3.63, 3.8) is 0 Å². The zero-order chi connectivity index (χ0) is 12.5. The second-order valence-corrected chi connectivity index (χ2v) is 5.30. The molecular weight excluding hydrogens is 226 g/mol. The monoisotopic (exact) mass is 245 g/mol. The van der Waals surface area contributed by atoms with Gasteiger partial charge in [-0.3, -0.25) is 4.79 Å². The van der Waals surface area contributed by atoms with Gasteiger partial charge in [0.25, 0.3) is 5.91 Å². The molecule has 3 aliphatic rings. The first-order valence-electron chi connectivity index (χ1n) is 6.62. The predicted molar refractivity (Wildman–Crippen MR) is 71.5 cm³/mol. The number of carbonyl (C=O) groups is 1. The van der Waals surface area contributed by atoms with Crippen molar-refractivity contribution < 1.29 is 4.79 Å². The fraction of sp³-hybridized carbons (Fsp3) is 0.500. The van der Waals surface area contributed by atoms with Crippen molar-refractivity contribution in [3.05, 3.63) is 29.8 Å². The third-order valence-corrected chi connectivity index (χ3v) is 4.19. The summed E-state index contributed by atoms with van der Waals surface area (Å²) in [6.45, 7) is 3.53. The Morgan fingerprint density at radius 3 is 2.61 bits per heavy atom. The number of carbonyl (C=O) groups excluding carboxylic acids is 1. The van der Waals surface area contributed by atoms with E-state index in [0.29, 0.717) is 11.6 Å². The summed E-state index contributed by atoms with van der Waals surface area (Å²) in [4.78, 5) is 13.9. The number of benzene rings is 1. The lowest BCUT2D eigenvalue weighted by Crippen LogP contribution is -2.53. The molecule has 1 atom stereocenters. The minimum Gasteiger partial charge on any atom is -0.380 e. The summed E-state index contributed by atoms with van der Waals surface area (Å²) in [5.74, 6) is 0.371. The number of rotatable bonds is 3. The fourth-order valence-corrected chi connectivity index (χ4v) is 3.15. The zero-order valence-electron chi connectivity index (χ0n) is 10.4. The molecule has 0 spiro atoms. The van der Waals surface area contributed by atoms with E-state index in [2.05, 4.69) is 10.2 Å². The van der Waals surface area contributed by atoms with Crippen LogP contribution < -0.4 is 11.1 Å². The topological polar surface area (TPSA) is 58.4 Å². The number of hydrogen-bond donors (Lipinski definition) is 2. The lowest BCUT2D eigenvalue weighted by Gasteiger charge is -2.45. The summed E-state index contributed by atoms with van der Waals surface area (Å²) < 4.78 is 0. The van der Waals surface area contributed by atoms with Crippen LogP contribution in [0.5, 0.6) is 0 Å². The molecule has 3 saturated heterocycles. The first-order chi connectivity index (χ1) is 8.74. The number of hydrogen-bond acceptors (Lipinski definition) is 3. The molecule has 4 nitrogen and oxygen atoms in total. The highest BCUT2D eigenvalue weighted by Gasteiger charge is 2.34. The maximum atomic E-state index is 11.4. The third-order valence-electron chi connectivity index (χ3n) is 4.19. The van der Waals surface area contributed by atoms with Gasteiger partial charge in [0.05, 0.1) is 5.56 Å². The Balaban J connectivity index is 1.78.